The molecule has 3 rings (SSSR count). The Morgan fingerprint density at radius 2 is 1.84 bits per heavy atom. The van der Waals surface area contributed by atoms with Crippen LogP contribution < -0.4 is 4.31 Å². The fraction of sp³-hybridized carbons (Fsp3) is 0.235. The lowest BCUT2D eigenvalue weighted by molar-refractivity contribution is 0.598. The van der Waals surface area contributed by atoms with Crippen molar-refractivity contribution in [3.63, 3.8) is 0 Å². The van der Waals surface area contributed by atoms with Gasteiger partial charge in [-0.15, -0.1) is 3.77 Å². The average Bonchev–Trinajstić information content (AvgIpc) is 2.59. The van der Waals surface area contributed by atoms with Crippen molar-refractivity contribution >= 4 is 38.3 Å². The maximum Gasteiger partial charge on any atom is 0.289 e. The zero-order valence-corrected chi connectivity index (χ0v) is 16.3. The molecule has 25 heavy (non-hydrogen) atoms. The summed E-state index contributed by atoms with van der Waals surface area (Å²) >= 11 is 5.85. The number of sulfonamides is 1. The first kappa shape index (κ1) is 18.1. The molecule has 0 spiro atoms. The SMILES string of the molecule is CC1=C(C)CS(=NS(=O)(=O)c2ccc(Cl)cc2)N(c2ccccn2)C1. The van der Waals surface area contributed by atoms with Crippen LogP contribution in [0.3, 0.4) is 0 Å². The lowest BCUT2D eigenvalue weighted by Gasteiger charge is -2.31. The fourth-order valence-corrected chi connectivity index (χ4v) is 6.18. The van der Waals surface area contributed by atoms with Crippen molar-refractivity contribution in [2.24, 2.45) is 3.77 Å². The van der Waals surface area contributed by atoms with Gasteiger partial charge in [0.2, 0.25) is 0 Å². The van der Waals surface area contributed by atoms with Crippen molar-refractivity contribution in [3.05, 3.63) is 64.8 Å². The Balaban J connectivity index is 2.05. The number of pyridine rings is 1. The summed E-state index contributed by atoms with van der Waals surface area (Å²) < 4.78 is 31.6. The third kappa shape index (κ3) is 4.11. The second-order valence-corrected chi connectivity index (χ2v) is 9.64. The molecule has 2 heterocycles. The Morgan fingerprint density at radius 1 is 1.12 bits per heavy atom. The van der Waals surface area contributed by atoms with Crippen molar-refractivity contribution in [2.75, 3.05) is 16.6 Å². The van der Waals surface area contributed by atoms with Gasteiger partial charge in [-0.1, -0.05) is 28.8 Å². The quantitative estimate of drug-likeness (QED) is 0.737. The van der Waals surface area contributed by atoms with Crippen molar-refractivity contribution in [1.29, 1.82) is 0 Å². The van der Waals surface area contributed by atoms with Gasteiger partial charge in [0, 0.05) is 27.8 Å². The smallest absolute Gasteiger partial charge is 0.287 e. The first-order valence-corrected chi connectivity index (χ1v) is 10.8. The number of nitrogens with zero attached hydrogens (tertiary/aromatic N) is 3. The van der Waals surface area contributed by atoms with Gasteiger partial charge in [-0.3, -0.25) is 4.31 Å². The summed E-state index contributed by atoms with van der Waals surface area (Å²) in [6.45, 7) is 4.70. The minimum Gasteiger partial charge on any atom is -0.287 e. The summed E-state index contributed by atoms with van der Waals surface area (Å²) in [5, 5.41) is 0.489. The topological polar surface area (TPSA) is 62.6 Å². The third-order valence-electron chi connectivity index (χ3n) is 3.91. The summed E-state index contributed by atoms with van der Waals surface area (Å²) in [5.74, 6) is 1.31. The molecule has 0 N–H and O–H groups in total. The highest BCUT2D eigenvalue weighted by Crippen LogP contribution is 2.26. The van der Waals surface area contributed by atoms with Gasteiger partial charge in [-0.25, -0.2) is 4.98 Å². The van der Waals surface area contributed by atoms with E-state index in [1.165, 1.54) is 23.3 Å². The molecule has 0 radical (unpaired) electrons. The molecular formula is C17H18ClN3O2S2. The molecule has 1 atom stereocenters. The molecule has 1 aromatic carbocycles. The van der Waals surface area contributed by atoms with Crippen LogP contribution in [0, 0.1) is 0 Å². The maximum absolute atomic E-state index is 12.7. The molecular weight excluding hydrogens is 378 g/mol. The van der Waals surface area contributed by atoms with Crippen LogP contribution in [-0.2, 0) is 20.9 Å². The highest BCUT2D eigenvalue weighted by molar-refractivity contribution is 8.00. The van der Waals surface area contributed by atoms with E-state index in [0.29, 0.717) is 17.3 Å². The van der Waals surface area contributed by atoms with Crippen LogP contribution in [0.25, 0.3) is 0 Å². The standard InChI is InChI=1S/C17H18ClN3O2S2/c1-13-11-21(17-5-3-4-10-19-17)24(12-14(13)2)20-25(22,23)16-8-6-15(18)7-9-16/h3-10H,11-12H2,1-2H3. The normalized spacial score (nSPS) is 18.7. The number of anilines is 1. The van der Waals surface area contributed by atoms with E-state index in [1.807, 2.05) is 29.4 Å². The second-order valence-electron chi connectivity index (χ2n) is 5.77. The van der Waals surface area contributed by atoms with E-state index < -0.39 is 20.9 Å². The lowest BCUT2D eigenvalue weighted by atomic mass is 10.2. The van der Waals surface area contributed by atoms with Gasteiger partial charge in [-0.05, 0) is 50.2 Å². The van der Waals surface area contributed by atoms with Crippen LogP contribution in [-0.4, -0.2) is 25.7 Å². The van der Waals surface area contributed by atoms with E-state index in [-0.39, 0.29) is 4.90 Å². The number of rotatable bonds is 3. The van der Waals surface area contributed by atoms with Gasteiger partial charge in [0.25, 0.3) is 10.0 Å². The van der Waals surface area contributed by atoms with Crippen LogP contribution in [0.2, 0.25) is 5.02 Å². The van der Waals surface area contributed by atoms with E-state index in [4.69, 9.17) is 11.6 Å². The average molecular weight is 396 g/mol. The number of hydrogen-bond donors (Lipinski definition) is 0. The number of halogens is 1. The van der Waals surface area contributed by atoms with Crippen molar-refractivity contribution in [2.45, 2.75) is 18.7 Å². The molecule has 1 aliphatic heterocycles. The zero-order valence-electron chi connectivity index (χ0n) is 13.9. The molecule has 1 aromatic heterocycles. The van der Waals surface area contributed by atoms with Crippen molar-refractivity contribution < 1.29 is 8.42 Å². The van der Waals surface area contributed by atoms with E-state index in [9.17, 15) is 8.42 Å². The monoisotopic (exact) mass is 395 g/mol. The highest BCUT2D eigenvalue weighted by Gasteiger charge is 2.24. The first-order valence-electron chi connectivity index (χ1n) is 7.65. The summed E-state index contributed by atoms with van der Waals surface area (Å²) in [7, 11) is -4.61. The molecule has 0 amide bonds. The molecule has 2 aromatic rings. The van der Waals surface area contributed by atoms with E-state index in [0.717, 1.165) is 5.82 Å². The molecule has 1 aliphatic rings. The molecule has 0 saturated heterocycles. The lowest BCUT2D eigenvalue weighted by Crippen LogP contribution is -2.35. The van der Waals surface area contributed by atoms with Gasteiger partial charge in [0.15, 0.2) is 0 Å². The van der Waals surface area contributed by atoms with E-state index in [1.54, 1.807) is 18.3 Å². The van der Waals surface area contributed by atoms with Gasteiger partial charge in [0.1, 0.15) is 5.82 Å². The van der Waals surface area contributed by atoms with Gasteiger partial charge in [-0.2, -0.15) is 8.42 Å². The minimum absolute atomic E-state index is 0.147. The third-order valence-corrected chi connectivity index (χ3v) is 8.02. The van der Waals surface area contributed by atoms with Crippen LogP contribution in [0.5, 0.6) is 0 Å². The molecule has 0 aliphatic carbocycles. The molecule has 0 fully saturated rings. The highest BCUT2D eigenvalue weighted by atomic mass is 35.5. The molecule has 1 unspecified atom stereocenters. The van der Waals surface area contributed by atoms with Crippen LogP contribution in [0.1, 0.15) is 13.8 Å². The fourth-order valence-electron chi connectivity index (χ4n) is 2.34. The summed E-state index contributed by atoms with van der Waals surface area (Å²) in [5.41, 5.74) is 2.39. The van der Waals surface area contributed by atoms with Crippen molar-refractivity contribution in [3.8, 4) is 0 Å². The Kier molecular flexibility index (Phi) is 5.27. The van der Waals surface area contributed by atoms with Crippen LogP contribution >= 0.6 is 11.6 Å². The largest absolute Gasteiger partial charge is 0.289 e. The zero-order chi connectivity index (χ0) is 18.0. The summed E-state index contributed by atoms with van der Waals surface area (Å²) in [6, 6.07) is 11.7. The van der Waals surface area contributed by atoms with Crippen molar-refractivity contribution in [1.82, 2.24) is 4.98 Å². The van der Waals surface area contributed by atoms with Gasteiger partial charge in [0.05, 0.1) is 11.4 Å². The van der Waals surface area contributed by atoms with Crippen LogP contribution in [0.15, 0.2) is 68.5 Å². The number of aromatic nitrogens is 1. The predicted octanol–water partition coefficient (Wildman–Crippen LogP) is 4.00. The molecule has 5 nitrogen and oxygen atoms in total. The summed E-state index contributed by atoms with van der Waals surface area (Å²) in [4.78, 5) is 4.51. The van der Waals surface area contributed by atoms with Gasteiger partial charge >= 0.3 is 0 Å². The van der Waals surface area contributed by atoms with Gasteiger partial charge < -0.3 is 0 Å². The molecule has 132 valence electrons. The minimum atomic E-state index is -3.77. The summed E-state index contributed by atoms with van der Waals surface area (Å²) in [6.07, 6.45) is 1.70. The van der Waals surface area contributed by atoms with E-state index >= 15 is 0 Å². The van der Waals surface area contributed by atoms with Crippen LogP contribution in [0.4, 0.5) is 5.82 Å². The predicted molar refractivity (Wildman–Crippen MR) is 103 cm³/mol. The Bertz CT molecular complexity index is 940. The maximum atomic E-state index is 12.7. The molecule has 0 saturated carbocycles. The number of benzene rings is 1. The first-order chi connectivity index (χ1) is 11.9. The molecule has 8 heteroatoms. The van der Waals surface area contributed by atoms with E-state index in [2.05, 4.69) is 15.7 Å². The molecule has 0 bridgehead atoms. The Labute approximate surface area is 155 Å². The Hall–Kier alpha value is -1.70. The number of hydrogen-bond acceptors (Lipinski definition) is 3. The second kappa shape index (κ2) is 7.27. The Morgan fingerprint density at radius 3 is 2.48 bits per heavy atom.